The molecule has 0 bridgehead atoms. The van der Waals surface area contributed by atoms with Crippen molar-refractivity contribution < 1.29 is 0 Å². The van der Waals surface area contributed by atoms with Crippen LogP contribution in [0.2, 0.25) is 5.15 Å². The predicted molar refractivity (Wildman–Crippen MR) is 67.5 cm³/mol. The minimum atomic E-state index is 0.544. The van der Waals surface area contributed by atoms with Gasteiger partial charge in [-0.3, -0.25) is 4.98 Å². The van der Waals surface area contributed by atoms with E-state index in [-0.39, 0.29) is 0 Å². The zero-order chi connectivity index (χ0) is 11.4. The van der Waals surface area contributed by atoms with Crippen molar-refractivity contribution in [1.82, 2.24) is 9.97 Å². The predicted octanol–water partition coefficient (Wildman–Crippen LogP) is 3.00. The molecule has 0 unspecified atom stereocenters. The number of nitrogens with two attached hydrogens (primary N) is 1. The molecule has 0 radical (unpaired) electrons. The first-order valence-electron chi connectivity index (χ1n) is 4.69. The molecule has 0 fully saturated rings. The molecule has 2 rings (SSSR count). The van der Waals surface area contributed by atoms with Crippen LogP contribution in [-0.2, 0) is 5.75 Å². The molecular weight excluding hydrogens is 242 g/mol. The summed E-state index contributed by atoms with van der Waals surface area (Å²) in [5, 5.41) is 0.544. The van der Waals surface area contributed by atoms with Gasteiger partial charge in [-0.1, -0.05) is 17.7 Å². The highest BCUT2D eigenvalue weighted by Crippen LogP contribution is 2.28. The maximum atomic E-state index is 5.96. The molecule has 16 heavy (non-hydrogen) atoms. The molecule has 82 valence electrons. The van der Waals surface area contributed by atoms with Crippen molar-refractivity contribution in [2.75, 3.05) is 5.73 Å². The van der Waals surface area contributed by atoms with Crippen LogP contribution in [0.1, 0.15) is 5.56 Å². The van der Waals surface area contributed by atoms with Gasteiger partial charge >= 0.3 is 0 Å². The summed E-state index contributed by atoms with van der Waals surface area (Å²) in [6.45, 7) is 0. The third-order valence-corrected chi connectivity index (χ3v) is 3.51. The van der Waals surface area contributed by atoms with Gasteiger partial charge in [0.25, 0.3) is 0 Å². The van der Waals surface area contributed by atoms with E-state index >= 15 is 0 Å². The fraction of sp³-hybridized carbons (Fsp3) is 0.0909. The molecule has 3 nitrogen and oxygen atoms in total. The Kier molecular flexibility index (Phi) is 3.64. The zero-order valence-electron chi connectivity index (χ0n) is 8.43. The van der Waals surface area contributed by atoms with Crippen molar-refractivity contribution in [3.63, 3.8) is 0 Å². The Hall–Kier alpha value is -1.26. The van der Waals surface area contributed by atoms with E-state index in [0.29, 0.717) is 10.8 Å². The normalized spacial score (nSPS) is 10.3. The molecule has 0 amide bonds. The number of halogens is 1. The van der Waals surface area contributed by atoms with Crippen molar-refractivity contribution in [1.29, 1.82) is 0 Å². The first-order chi connectivity index (χ1) is 7.77. The minimum Gasteiger partial charge on any atom is -0.397 e. The number of thioether (sulfide) groups is 1. The van der Waals surface area contributed by atoms with Crippen LogP contribution < -0.4 is 5.73 Å². The third-order valence-electron chi connectivity index (χ3n) is 2.03. The van der Waals surface area contributed by atoms with Crippen LogP contribution in [0.4, 0.5) is 5.69 Å². The molecule has 0 spiro atoms. The van der Waals surface area contributed by atoms with Crippen LogP contribution in [0, 0.1) is 0 Å². The van der Waals surface area contributed by atoms with E-state index in [0.717, 1.165) is 16.2 Å². The van der Waals surface area contributed by atoms with Gasteiger partial charge in [0.1, 0.15) is 5.15 Å². The number of anilines is 1. The number of pyridine rings is 2. The number of aromatic nitrogens is 2. The lowest BCUT2D eigenvalue weighted by Gasteiger charge is -2.05. The van der Waals surface area contributed by atoms with E-state index in [9.17, 15) is 0 Å². The van der Waals surface area contributed by atoms with E-state index in [4.69, 9.17) is 17.3 Å². The summed E-state index contributed by atoms with van der Waals surface area (Å²) in [5.41, 5.74) is 7.48. The smallest absolute Gasteiger partial charge is 0.133 e. The number of rotatable bonds is 3. The molecule has 2 aromatic rings. The van der Waals surface area contributed by atoms with E-state index < -0.39 is 0 Å². The van der Waals surface area contributed by atoms with Gasteiger partial charge in [0, 0.05) is 23.0 Å². The average Bonchev–Trinajstić information content (AvgIpc) is 2.30. The second-order valence-electron chi connectivity index (χ2n) is 3.16. The van der Waals surface area contributed by atoms with E-state index in [2.05, 4.69) is 9.97 Å². The molecule has 2 N–H and O–H groups in total. The standard InChI is InChI=1S/C11H10ClN3S/c12-11-8(2-1-4-15-11)7-16-10-3-5-14-6-9(10)13/h1-6H,7,13H2. The highest BCUT2D eigenvalue weighted by Gasteiger charge is 2.03. The molecule has 0 aromatic carbocycles. The molecule has 0 saturated carbocycles. The summed E-state index contributed by atoms with van der Waals surface area (Å²) in [4.78, 5) is 8.97. The van der Waals surface area contributed by atoms with Gasteiger partial charge in [-0.25, -0.2) is 4.98 Å². The van der Waals surface area contributed by atoms with Gasteiger partial charge in [-0.05, 0) is 17.7 Å². The summed E-state index contributed by atoms with van der Waals surface area (Å²) >= 11 is 7.59. The number of hydrogen-bond donors (Lipinski definition) is 1. The molecular formula is C11H10ClN3S. The van der Waals surface area contributed by atoms with Crippen LogP contribution >= 0.6 is 23.4 Å². The number of nitrogens with zero attached hydrogens (tertiary/aromatic N) is 2. The lowest BCUT2D eigenvalue weighted by molar-refractivity contribution is 1.24. The quantitative estimate of drug-likeness (QED) is 0.673. The van der Waals surface area contributed by atoms with E-state index in [1.54, 1.807) is 30.4 Å². The Labute approximate surface area is 103 Å². The van der Waals surface area contributed by atoms with Crippen molar-refractivity contribution in [2.24, 2.45) is 0 Å². The van der Waals surface area contributed by atoms with Crippen LogP contribution in [-0.4, -0.2) is 9.97 Å². The molecule has 2 heterocycles. The number of hydrogen-bond acceptors (Lipinski definition) is 4. The Morgan fingerprint density at radius 3 is 2.94 bits per heavy atom. The first-order valence-corrected chi connectivity index (χ1v) is 6.05. The SMILES string of the molecule is Nc1cnccc1SCc1cccnc1Cl. The second-order valence-corrected chi connectivity index (χ2v) is 4.53. The second kappa shape index (κ2) is 5.18. The molecule has 0 aliphatic carbocycles. The fourth-order valence-electron chi connectivity index (χ4n) is 1.21. The fourth-order valence-corrected chi connectivity index (χ4v) is 2.39. The Bertz CT molecular complexity index is 445. The van der Waals surface area contributed by atoms with Crippen molar-refractivity contribution in [3.05, 3.63) is 47.5 Å². The molecule has 0 atom stereocenters. The Morgan fingerprint density at radius 1 is 1.31 bits per heavy atom. The largest absolute Gasteiger partial charge is 0.397 e. The first kappa shape index (κ1) is 11.2. The highest BCUT2D eigenvalue weighted by atomic mass is 35.5. The van der Waals surface area contributed by atoms with Gasteiger partial charge in [0.2, 0.25) is 0 Å². The Morgan fingerprint density at radius 2 is 2.19 bits per heavy atom. The maximum absolute atomic E-state index is 5.96. The molecule has 0 aliphatic heterocycles. The molecule has 5 heteroatoms. The third kappa shape index (κ3) is 2.65. The van der Waals surface area contributed by atoms with E-state index in [1.807, 2.05) is 18.2 Å². The topological polar surface area (TPSA) is 51.8 Å². The highest BCUT2D eigenvalue weighted by molar-refractivity contribution is 7.98. The maximum Gasteiger partial charge on any atom is 0.133 e. The van der Waals surface area contributed by atoms with Gasteiger partial charge in [-0.15, -0.1) is 11.8 Å². The van der Waals surface area contributed by atoms with Gasteiger partial charge < -0.3 is 5.73 Å². The molecule has 0 aliphatic rings. The van der Waals surface area contributed by atoms with Crippen molar-refractivity contribution in [2.45, 2.75) is 10.6 Å². The van der Waals surface area contributed by atoms with Gasteiger partial charge in [0.05, 0.1) is 11.9 Å². The van der Waals surface area contributed by atoms with Crippen molar-refractivity contribution >= 4 is 29.1 Å². The lowest BCUT2D eigenvalue weighted by Crippen LogP contribution is -1.90. The summed E-state index contributed by atoms with van der Waals surface area (Å²) in [7, 11) is 0. The lowest BCUT2D eigenvalue weighted by atomic mass is 10.3. The van der Waals surface area contributed by atoms with E-state index in [1.165, 1.54) is 0 Å². The summed E-state index contributed by atoms with van der Waals surface area (Å²) in [6, 6.07) is 5.72. The van der Waals surface area contributed by atoms with Crippen LogP contribution in [0.15, 0.2) is 41.7 Å². The minimum absolute atomic E-state index is 0.544. The zero-order valence-corrected chi connectivity index (χ0v) is 10.0. The number of nitrogen functional groups attached to an aromatic ring is 1. The summed E-state index contributed by atoms with van der Waals surface area (Å²) < 4.78 is 0. The van der Waals surface area contributed by atoms with Crippen LogP contribution in [0.25, 0.3) is 0 Å². The van der Waals surface area contributed by atoms with Gasteiger partial charge in [0.15, 0.2) is 0 Å². The average molecular weight is 252 g/mol. The summed E-state index contributed by atoms with van der Waals surface area (Å²) in [5.74, 6) is 0.751. The van der Waals surface area contributed by atoms with Crippen LogP contribution in [0.3, 0.4) is 0 Å². The molecule has 2 aromatic heterocycles. The van der Waals surface area contributed by atoms with Crippen LogP contribution in [0.5, 0.6) is 0 Å². The monoisotopic (exact) mass is 251 g/mol. The Balaban J connectivity index is 2.09. The summed E-state index contributed by atoms with van der Waals surface area (Å²) in [6.07, 6.45) is 5.05. The van der Waals surface area contributed by atoms with Gasteiger partial charge in [-0.2, -0.15) is 0 Å². The molecule has 0 saturated heterocycles. The van der Waals surface area contributed by atoms with Crippen molar-refractivity contribution in [3.8, 4) is 0 Å².